The fourth-order valence-electron chi connectivity index (χ4n) is 2.89. The molecule has 1 saturated heterocycles. The molecule has 1 fully saturated rings. The molecule has 2 N–H and O–H groups in total. The smallest absolute Gasteiger partial charge is 0.354 e. The van der Waals surface area contributed by atoms with Crippen molar-refractivity contribution in [2.75, 3.05) is 29.9 Å². The van der Waals surface area contributed by atoms with Gasteiger partial charge in [0.25, 0.3) is 0 Å². The van der Waals surface area contributed by atoms with E-state index in [1.165, 1.54) is 0 Å². The number of nitriles is 1. The van der Waals surface area contributed by atoms with Crippen LogP contribution in [0.3, 0.4) is 0 Å². The van der Waals surface area contributed by atoms with Gasteiger partial charge >= 0.3 is 11.7 Å². The summed E-state index contributed by atoms with van der Waals surface area (Å²) in [5.74, 6) is -0.0198. The van der Waals surface area contributed by atoms with Crippen LogP contribution in [0.2, 0.25) is 5.02 Å². The van der Waals surface area contributed by atoms with Gasteiger partial charge in [0.05, 0.1) is 22.0 Å². The standard InChI is InChI=1S/C19H21ClN6O4/c1-18(2,27)11-30-17-23-15(22-13-6-4-12(20)5-7-13)14(26(28)29)16(24-17)25-9-19(3,8-21)10-25/h4-7,27H,9-11H2,1-3H3,(H,22,23,24). The molecule has 1 aliphatic rings. The van der Waals surface area contributed by atoms with Crippen molar-refractivity contribution in [3.8, 4) is 12.1 Å². The van der Waals surface area contributed by atoms with E-state index < -0.39 is 15.9 Å². The molecule has 2 heterocycles. The summed E-state index contributed by atoms with van der Waals surface area (Å²) in [6.07, 6.45) is 0. The molecule has 1 aromatic carbocycles. The molecule has 3 rings (SSSR count). The predicted octanol–water partition coefficient (Wildman–Crippen LogP) is 3.28. The summed E-state index contributed by atoms with van der Waals surface area (Å²) >= 11 is 5.90. The molecule has 0 bridgehead atoms. The molecule has 0 amide bonds. The molecule has 0 aliphatic carbocycles. The molecule has 11 heteroatoms. The van der Waals surface area contributed by atoms with Crippen molar-refractivity contribution in [3.05, 3.63) is 39.4 Å². The van der Waals surface area contributed by atoms with Gasteiger partial charge in [-0.2, -0.15) is 15.2 Å². The lowest BCUT2D eigenvalue weighted by Crippen LogP contribution is -2.54. The Kier molecular flexibility index (Phi) is 5.70. The van der Waals surface area contributed by atoms with E-state index in [4.69, 9.17) is 16.3 Å². The second-order valence-electron chi connectivity index (χ2n) is 8.05. The van der Waals surface area contributed by atoms with Gasteiger partial charge in [-0.25, -0.2) is 0 Å². The molecule has 0 radical (unpaired) electrons. The van der Waals surface area contributed by atoms with Gasteiger partial charge in [0.1, 0.15) is 6.61 Å². The number of hydrogen-bond acceptors (Lipinski definition) is 9. The Hall–Kier alpha value is -3.16. The van der Waals surface area contributed by atoms with Crippen LogP contribution in [0.5, 0.6) is 6.01 Å². The van der Waals surface area contributed by atoms with Crippen molar-refractivity contribution in [2.24, 2.45) is 5.41 Å². The Labute approximate surface area is 178 Å². The number of aliphatic hydroxyl groups is 1. The number of nitrogens with one attached hydrogen (secondary N) is 1. The molecular formula is C19H21ClN6O4. The van der Waals surface area contributed by atoms with Crippen LogP contribution in [-0.2, 0) is 0 Å². The maximum atomic E-state index is 11.9. The van der Waals surface area contributed by atoms with Crippen LogP contribution in [0.25, 0.3) is 0 Å². The van der Waals surface area contributed by atoms with E-state index in [-0.39, 0.29) is 43.0 Å². The van der Waals surface area contributed by atoms with Crippen molar-refractivity contribution >= 4 is 34.6 Å². The lowest BCUT2D eigenvalue weighted by atomic mass is 9.84. The average molecular weight is 433 g/mol. The van der Waals surface area contributed by atoms with Crippen molar-refractivity contribution in [1.29, 1.82) is 5.26 Å². The van der Waals surface area contributed by atoms with Gasteiger partial charge in [0.2, 0.25) is 11.6 Å². The van der Waals surface area contributed by atoms with Gasteiger partial charge in [-0.3, -0.25) is 10.1 Å². The summed E-state index contributed by atoms with van der Waals surface area (Å²) in [4.78, 5) is 21.3. The number of ether oxygens (including phenoxy) is 1. The highest BCUT2D eigenvalue weighted by molar-refractivity contribution is 6.30. The van der Waals surface area contributed by atoms with E-state index in [0.29, 0.717) is 10.7 Å². The molecule has 1 aromatic heterocycles. The Morgan fingerprint density at radius 1 is 1.40 bits per heavy atom. The van der Waals surface area contributed by atoms with Crippen LogP contribution in [0.1, 0.15) is 20.8 Å². The summed E-state index contributed by atoms with van der Waals surface area (Å²) in [7, 11) is 0. The number of halogens is 1. The first-order valence-corrected chi connectivity index (χ1v) is 9.48. The number of benzene rings is 1. The average Bonchev–Trinajstić information content (AvgIpc) is 2.64. The summed E-state index contributed by atoms with van der Waals surface area (Å²) in [5, 5.41) is 34.5. The zero-order valence-corrected chi connectivity index (χ0v) is 17.5. The van der Waals surface area contributed by atoms with Gasteiger partial charge in [0, 0.05) is 23.8 Å². The molecule has 158 valence electrons. The van der Waals surface area contributed by atoms with E-state index in [2.05, 4.69) is 21.4 Å². The summed E-state index contributed by atoms with van der Waals surface area (Å²) in [5.41, 5.74) is -1.56. The second-order valence-corrected chi connectivity index (χ2v) is 8.48. The van der Waals surface area contributed by atoms with E-state index in [0.717, 1.165) is 0 Å². The Morgan fingerprint density at radius 3 is 2.57 bits per heavy atom. The highest BCUT2D eigenvalue weighted by Gasteiger charge is 2.43. The summed E-state index contributed by atoms with van der Waals surface area (Å²) in [6, 6.07) is 8.65. The predicted molar refractivity (Wildman–Crippen MR) is 111 cm³/mol. The number of rotatable bonds is 7. The molecule has 2 aromatic rings. The Morgan fingerprint density at radius 2 is 2.03 bits per heavy atom. The summed E-state index contributed by atoms with van der Waals surface area (Å²) in [6.45, 7) is 5.34. The van der Waals surface area contributed by atoms with Crippen molar-refractivity contribution < 1.29 is 14.8 Å². The van der Waals surface area contributed by atoms with Crippen LogP contribution >= 0.6 is 11.6 Å². The number of nitrogens with zero attached hydrogens (tertiary/aromatic N) is 5. The van der Waals surface area contributed by atoms with Gasteiger partial charge in [0.15, 0.2) is 0 Å². The first kappa shape index (κ1) is 21.5. The van der Waals surface area contributed by atoms with Crippen molar-refractivity contribution in [1.82, 2.24) is 9.97 Å². The number of nitro groups is 1. The third-order valence-electron chi connectivity index (χ3n) is 4.34. The van der Waals surface area contributed by atoms with Gasteiger partial charge in [-0.1, -0.05) is 11.6 Å². The molecule has 30 heavy (non-hydrogen) atoms. The lowest BCUT2D eigenvalue weighted by molar-refractivity contribution is -0.383. The molecule has 1 aliphatic heterocycles. The van der Waals surface area contributed by atoms with Crippen LogP contribution in [-0.4, -0.2) is 45.3 Å². The van der Waals surface area contributed by atoms with Gasteiger partial charge < -0.3 is 20.1 Å². The topological polar surface area (TPSA) is 137 Å². The van der Waals surface area contributed by atoms with Gasteiger partial charge in [-0.05, 0) is 45.0 Å². The van der Waals surface area contributed by atoms with Crippen molar-refractivity contribution in [2.45, 2.75) is 26.4 Å². The minimum atomic E-state index is -1.15. The number of aromatic nitrogens is 2. The maximum absolute atomic E-state index is 11.9. The normalized spacial score (nSPS) is 15.1. The Balaban J connectivity index is 2.03. The van der Waals surface area contributed by atoms with Crippen molar-refractivity contribution in [3.63, 3.8) is 0 Å². The molecule has 0 spiro atoms. The quantitative estimate of drug-likeness (QED) is 0.498. The molecule has 0 atom stereocenters. The molecular weight excluding hydrogens is 412 g/mol. The monoisotopic (exact) mass is 432 g/mol. The third kappa shape index (κ3) is 4.87. The van der Waals surface area contributed by atoms with Gasteiger partial charge in [-0.15, -0.1) is 0 Å². The van der Waals surface area contributed by atoms with Crippen LogP contribution in [0, 0.1) is 26.9 Å². The number of anilines is 3. The fraction of sp³-hybridized carbons (Fsp3) is 0.421. The zero-order chi connectivity index (χ0) is 22.1. The minimum absolute atomic E-state index is 0.0462. The maximum Gasteiger partial charge on any atom is 0.354 e. The second kappa shape index (κ2) is 7.93. The largest absolute Gasteiger partial charge is 0.460 e. The molecule has 0 unspecified atom stereocenters. The zero-order valence-electron chi connectivity index (χ0n) is 16.7. The highest BCUT2D eigenvalue weighted by Crippen LogP contribution is 2.41. The number of hydrogen-bond donors (Lipinski definition) is 2. The minimum Gasteiger partial charge on any atom is -0.460 e. The van der Waals surface area contributed by atoms with E-state index in [9.17, 15) is 20.5 Å². The van der Waals surface area contributed by atoms with E-state index in [1.807, 2.05) is 0 Å². The fourth-order valence-corrected chi connectivity index (χ4v) is 3.02. The molecule has 0 saturated carbocycles. The van der Waals surface area contributed by atoms with E-state index >= 15 is 0 Å². The third-order valence-corrected chi connectivity index (χ3v) is 4.59. The molecule has 10 nitrogen and oxygen atoms in total. The van der Waals surface area contributed by atoms with Crippen LogP contribution < -0.4 is 15.0 Å². The highest BCUT2D eigenvalue weighted by atomic mass is 35.5. The Bertz CT molecular complexity index is 994. The van der Waals surface area contributed by atoms with Crippen LogP contribution in [0.15, 0.2) is 24.3 Å². The first-order valence-electron chi connectivity index (χ1n) is 9.10. The van der Waals surface area contributed by atoms with E-state index in [1.54, 1.807) is 49.9 Å². The lowest BCUT2D eigenvalue weighted by Gasteiger charge is -2.43. The van der Waals surface area contributed by atoms with Crippen LogP contribution in [0.4, 0.5) is 23.0 Å². The summed E-state index contributed by atoms with van der Waals surface area (Å²) < 4.78 is 5.49. The first-order chi connectivity index (χ1) is 14.0. The SMILES string of the molecule is CC(C)(O)COc1nc(Nc2ccc(Cl)cc2)c([N+](=O)[O-])c(N2CC(C)(C#N)C2)n1.